The normalized spacial score (nSPS) is 19.4. The summed E-state index contributed by atoms with van der Waals surface area (Å²) in [6.45, 7) is 6.89. The Balaban J connectivity index is 1.62. The average molecular weight is 304 g/mol. The van der Waals surface area contributed by atoms with Crippen LogP contribution in [-0.4, -0.2) is 31.5 Å². The second-order valence-electron chi connectivity index (χ2n) is 5.96. The molecule has 0 bridgehead atoms. The summed E-state index contributed by atoms with van der Waals surface area (Å²) >= 11 is 0. The van der Waals surface area contributed by atoms with Crippen molar-refractivity contribution in [2.45, 2.75) is 27.2 Å². The Labute approximate surface area is 131 Å². The van der Waals surface area contributed by atoms with Crippen molar-refractivity contribution in [1.29, 1.82) is 0 Å². The largest absolute Gasteiger partial charge is 0.491 e. The number of hydrogen-bond acceptors (Lipinski definition) is 3. The molecule has 0 aromatic heterocycles. The molecule has 1 saturated carbocycles. The summed E-state index contributed by atoms with van der Waals surface area (Å²) in [6.07, 6.45) is 0.928. The van der Waals surface area contributed by atoms with Crippen LogP contribution in [0.2, 0.25) is 0 Å². The number of aryl methyl sites for hydroxylation is 2. The lowest BCUT2D eigenvalue weighted by Gasteiger charge is -2.12. The molecule has 1 fully saturated rings. The molecule has 5 nitrogen and oxygen atoms in total. The molecule has 2 N–H and O–H groups in total. The highest BCUT2D eigenvalue weighted by molar-refractivity contribution is 5.87. The predicted octanol–water partition coefficient (Wildman–Crippen LogP) is 1.57. The molecule has 1 aromatic carbocycles. The van der Waals surface area contributed by atoms with Gasteiger partial charge in [0.2, 0.25) is 11.8 Å². The molecule has 1 aromatic rings. The van der Waals surface area contributed by atoms with Gasteiger partial charge in [0.25, 0.3) is 0 Å². The van der Waals surface area contributed by atoms with Gasteiger partial charge in [0.1, 0.15) is 12.4 Å². The number of amides is 2. The first-order valence-corrected chi connectivity index (χ1v) is 7.72. The summed E-state index contributed by atoms with van der Waals surface area (Å²) in [5, 5.41) is 5.40. The summed E-state index contributed by atoms with van der Waals surface area (Å²) in [6, 6.07) is 5.98. The molecule has 0 saturated heterocycles. The van der Waals surface area contributed by atoms with Crippen LogP contribution in [-0.2, 0) is 9.59 Å². The number of rotatable bonds is 7. The molecule has 1 aliphatic rings. The van der Waals surface area contributed by atoms with Gasteiger partial charge in [0.05, 0.1) is 13.1 Å². The molecule has 0 unspecified atom stereocenters. The molecule has 0 aliphatic heterocycles. The highest BCUT2D eigenvalue weighted by Gasteiger charge is 2.38. The molecular formula is C17H24N2O3. The second-order valence-corrected chi connectivity index (χ2v) is 5.96. The van der Waals surface area contributed by atoms with E-state index >= 15 is 0 Å². The minimum Gasteiger partial charge on any atom is -0.491 e. The second kappa shape index (κ2) is 7.29. The third kappa shape index (κ3) is 4.48. The molecule has 120 valence electrons. The lowest BCUT2D eigenvalue weighted by Crippen LogP contribution is -2.39. The van der Waals surface area contributed by atoms with E-state index in [1.54, 1.807) is 0 Å². The zero-order chi connectivity index (χ0) is 16.1. The van der Waals surface area contributed by atoms with Crippen LogP contribution in [0.15, 0.2) is 18.2 Å². The molecule has 1 aliphatic carbocycles. The van der Waals surface area contributed by atoms with Gasteiger partial charge in [-0.3, -0.25) is 9.59 Å². The Hall–Kier alpha value is -2.04. The number of para-hydroxylation sites is 1. The number of carbonyl (C=O) groups is 2. The van der Waals surface area contributed by atoms with E-state index in [-0.39, 0.29) is 24.3 Å². The molecular weight excluding hydrogens is 280 g/mol. The molecule has 2 amide bonds. The average Bonchev–Trinajstić information content (AvgIpc) is 3.20. The van der Waals surface area contributed by atoms with Crippen molar-refractivity contribution in [2.24, 2.45) is 11.8 Å². The quantitative estimate of drug-likeness (QED) is 0.751. The van der Waals surface area contributed by atoms with Gasteiger partial charge in [-0.2, -0.15) is 0 Å². The topological polar surface area (TPSA) is 67.4 Å². The monoisotopic (exact) mass is 304 g/mol. The number of hydrogen-bond donors (Lipinski definition) is 2. The van der Waals surface area contributed by atoms with Crippen LogP contribution in [0.25, 0.3) is 0 Å². The third-order valence-corrected chi connectivity index (χ3v) is 3.95. The van der Waals surface area contributed by atoms with Crippen LogP contribution >= 0.6 is 0 Å². The first kappa shape index (κ1) is 16.3. The van der Waals surface area contributed by atoms with Crippen molar-refractivity contribution in [3.05, 3.63) is 29.3 Å². The van der Waals surface area contributed by atoms with Gasteiger partial charge in [0, 0.05) is 5.92 Å². The Morgan fingerprint density at radius 2 is 1.86 bits per heavy atom. The van der Waals surface area contributed by atoms with Crippen molar-refractivity contribution in [3.8, 4) is 5.75 Å². The van der Waals surface area contributed by atoms with Gasteiger partial charge >= 0.3 is 0 Å². The number of ether oxygens (including phenoxy) is 1. The SMILES string of the molecule is Cc1cccc(C)c1OCCNC(=O)CNC(=O)[C@H]1C[C@@H]1C. The van der Waals surface area contributed by atoms with E-state index in [4.69, 9.17) is 4.74 Å². The molecule has 5 heteroatoms. The van der Waals surface area contributed by atoms with E-state index in [1.807, 2.05) is 39.0 Å². The van der Waals surface area contributed by atoms with Crippen LogP contribution in [0.4, 0.5) is 0 Å². The third-order valence-electron chi connectivity index (χ3n) is 3.95. The van der Waals surface area contributed by atoms with Crippen LogP contribution < -0.4 is 15.4 Å². The van der Waals surface area contributed by atoms with Gasteiger partial charge < -0.3 is 15.4 Å². The summed E-state index contributed by atoms with van der Waals surface area (Å²) in [7, 11) is 0. The minimum atomic E-state index is -0.188. The van der Waals surface area contributed by atoms with Gasteiger partial charge in [-0.15, -0.1) is 0 Å². The molecule has 2 atom stereocenters. The number of carbonyl (C=O) groups excluding carboxylic acids is 2. The fourth-order valence-corrected chi connectivity index (χ4v) is 2.42. The molecule has 0 radical (unpaired) electrons. The standard InChI is InChI=1S/C17H24N2O3/c1-11-5-4-6-12(2)16(11)22-8-7-18-15(20)10-19-17(21)14-9-13(14)3/h4-6,13-14H,7-10H2,1-3H3,(H,18,20)(H,19,21)/t13-,14-/m0/s1. The van der Waals surface area contributed by atoms with E-state index < -0.39 is 0 Å². The van der Waals surface area contributed by atoms with Crippen LogP contribution in [0.3, 0.4) is 0 Å². The van der Waals surface area contributed by atoms with E-state index in [0.717, 1.165) is 23.3 Å². The maximum atomic E-state index is 11.6. The van der Waals surface area contributed by atoms with Gasteiger partial charge in [-0.25, -0.2) is 0 Å². The van der Waals surface area contributed by atoms with Crippen LogP contribution in [0, 0.1) is 25.7 Å². The zero-order valence-corrected chi connectivity index (χ0v) is 13.4. The predicted molar refractivity (Wildman–Crippen MR) is 84.7 cm³/mol. The number of nitrogens with one attached hydrogen (secondary N) is 2. The van der Waals surface area contributed by atoms with Gasteiger partial charge in [0.15, 0.2) is 0 Å². The molecule has 0 spiro atoms. The fourth-order valence-electron chi connectivity index (χ4n) is 2.42. The van der Waals surface area contributed by atoms with Crippen molar-refractivity contribution in [2.75, 3.05) is 19.7 Å². The summed E-state index contributed by atoms with van der Waals surface area (Å²) in [5.41, 5.74) is 2.16. The number of benzene rings is 1. The van der Waals surface area contributed by atoms with Crippen molar-refractivity contribution >= 4 is 11.8 Å². The lowest BCUT2D eigenvalue weighted by molar-refractivity contribution is -0.127. The van der Waals surface area contributed by atoms with Crippen molar-refractivity contribution < 1.29 is 14.3 Å². The Kier molecular flexibility index (Phi) is 5.41. The van der Waals surface area contributed by atoms with E-state index in [9.17, 15) is 9.59 Å². The Bertz CT molecular complexity index is 537. The maximum Gasteiger partial charge on any atom is 0.239 e. The van der Waals surface area contributed by atoms with E-state index in [1.165, 1.54) is 0 Å². The van der Waals surface area contributed by atoms with Crippen molar-refractivity contribution in [1.82, 2.24) is 10.6 Å². The fraction of sp³-hybridized carbons (Fsp3) is 0.529. The minimum absolute atomic E-state index is 0.0190. The lowest BCUT2D eigenvalue weighted by atomic mass is 10.1. The molecule has 2 rings (SSSR count). The first-order chi connectivity index (χ1) is 10.5. The van der Waals surface area contributed by atoms with Crippen LogP contribution in [0.5, 0.6) is 5.75 Å². The maximum absolute atomic E-state index is 11.6. The first-order valence-electron chi connectivity index (χ1n) is 7.72. The van der Waals surface area contributed by atoms with E-state index in [0.29, 0.717) is 19.1 Å². The smallest absolute Gasteiger partial charge is 0.239 e. The highest BCUT2D eigenvalue weighted by Crippen LogP contribution is 2.37. The summed E-state index contributed by atoms with van der Waals surface area (Å²) in [5.74, 6) is 1.21. The summed E-state index contributed by atoms with van der Waals surface area (Å²) in [4.78, 5) is 23.2. The molecule has 22 heavy (non-hydrogen) atoms. The van der Waals surface area contributed by atoms with Gasteiger partial charge in [-0.1, -0.05) is 25.1 Å². The Morgan fingerprint density at radius 3 is 2.45 bits per heavy atom. The van der Waals surface area contributed by atoms with E-state index in [2.05, 4.69) is 10.6 Å². The summed E-state index contributed by atoms with van der Waals surface area (Å²) < 4.78 is 5.70. The Morgan fingerprint density at radius 1 is 1.23 bits per heavy atom. The highest BCUT2D eigenvalue weighted by atomic mass is 16.5. The van der Waals surface area contributed by atoms with Crippen molar-refractivity contribution in [3.63, 3.8) is 0 Å². The van der Waals surface area contributed by atoms with Gasteiger partial charge in [-0.05, 0) is 37.3 Å². The molecule has 0 heterocycles. The van der Waals surface area contributed by atoms with Crippen LogP contribution in [0.1, 0.15) is 24.5 Å². The zero-order valence-electron chi connectivity index (χ0n) is 13.4.